The maximum atomic E-state index is 11.5. The molecule has 1 N–H and O–H groups in total. The molecule has 1 aromatic carbocycles. The van der Waals surface area contributed by atoms with Crippen LogP contribution >= 0.6 is 0 Å². The van der Waals surface area contributed by atoms with Crippen molar-refractivity contribution in [3.8, 4) is 0 Å². The van der Waals surface area contributed by atoms with Gasteiger partial charge >= 0.3 is 0 Å². The van der Waals surface area contributed by atoms with E-state index in [9.17, 15) is 5.11 Å². The normalized spacial score (nSPS) is 30.6. The monoisotopic (exact) mass is 586 g/mol. The standard InChI is InChI=1S/C40H46N2O2/c1-3-5-10-26(4-2)25-44-31-19-22-34(37(43)23-31)40-41-35(27-11-7-6-8-12-27)24-36(42-40)32-20-17-30-16-15-28-13-9-14-29-18-21-33(32)39(30)38(28)29/h7,9,11-22,26,31,33-35,37,39,43H,3-6,8,10,23-25H2,1-2H3. The number of aliphatic hydroxyl groups is 1. The number of hydrogen-bond donors (Lipinski definition) is 1. The van der Waals surface area contributed by atoms with Crippen LogP contribution in [0.5, 0.6) is 0 Å². The van der Waals surface area contributed by atoms with Gasteiger partial charge in [-0.3, -0.25) is 4.99 Å². The molecule has 0 fully saturated rings. The van der Waals surface area contributed by atoms with Crippen molar-refractivity contribution in [2.75, 3.05) is 6.61 Å². The highest BCUT2D eigenvalue weighted by Crippen LogP contribution is 2.50. The Kier molecular flexibility index (Phi) is 8.64. The molecule has 6 aliphatic rings. The molecule has 1 aromatic rings. The van der Waals surface area contributed by atoms with E-state index in [-0.39, 0.29) is 24.0 Å². The molecule has 4 heteroatoms. The molecule has 5 aliphatic carbocycles. The minimum absolute atomic E-state index is 0.0143. The Balaban J connectivity index is 1.17. The minimum Gasteiger partial charge on any atom is -0.392 e. The van der Waals surface area contributed by atoms with Crippen molar-refractivity contribution in [2.45, 2.75) is 89.4 Å². The molecule has 7 unspecified atom stereocenters. The van der Waals surface area contributed by atoms with E-state index in [0.29, 0.717) is 18.3 Å². The summed E-state index contributed by atoms with van der Waals surface area (Å²) in [6, 6.07) is 6.65. The summed E-state index contributed by atoms with van der Waals surface area (Å²) in [7, 11) is 0. The lowest BCUT2D eigenvalue weighted by atomic mass is 9.65. The van der Waals surface area contributed by atoms with Gasteiger partial charge in [-0.1, -0.05) is 118 Å². The number of ether oxygens (including phenoxy) is 1. The van der Waals surface area contributed by atoms with Gasteiger partial charge in [-0.2, -0.15) is 0 Å². The van der Waals surface area contributed by atoms with Crippen LogP contribution in [-0.4, -0.2) is 41.5 Å². The Morgan fingerprint density at radius 1 is 0.955 bits per heavy atom. The topological polar surface area (TPSA) is 54.2 Å². The lowest BCUT2D eigenvalue weighted by Gasteiger charge is -2.39. The van der Waals surface area contributed by atoms with Crippen molar-refractivity contribution in [2.24, 2.45) is 27.7 Å². The van der Waals surface area contributed by atoms with Gasteiger partial charge in [-0.15, -0.1) is 0 Å². The fourth-order valence-electron chi connectivity index (χ4n) is 7.83. The zero-order chi connectivity index (χ0) is 30.0. The Morgan fingerprint density at radius 3 is 2.64 bits per heavy atom. The minimum atomic E-state index is -0.571. The Hall–Kier alpha value is -3.34. The van der Waals surface area contributed by atoms with E-state index in [0.717, 1.165) is 43.8 Å². The van der Waals surface area contributed by atoms with Crippen molar-refractivity contribution >= 4 is 23.7 Å². The molecule has 7 atom stereocenters. The number of amidine groups is 1. The summed E-state index contributed by atoms with van der Waals surface area (Å²) in [5, 5.41) is 11.5. The summed E-state index contributed by atoms with van der Waals surface area (Å²) in [6.07, 6.45) is 32.6. The summed E-state index contributed by atoms with van der Waals surface area (Å²) >= 11 is 0. The average Bonchev–Trinajstić information content (AvgIpc) is 3.07. The summed E-state index contributed by atoms with van der Waals surface area (Å²) in [5.74, 6) is 1.67. The number of allylic oxidation sites excluding steroid dienone is 8. The highest BCUT2D eigenvalue weighted by molar-refractivity contribution is 6.11. The van der Waals surface area contributed by atoms with Gasteiger partial charge in [-0.05, 0) is 58.6 Å². The van der Waals surface area contributed by atoms with Gasteiger partial charge < -0.3 is 9.84 Å². The second-order valence-electron chi connectivity index (χ2n) is 13.3. The molecule has 44 heavy (non-hydrogen) atoms. The molecule has 0 aromatic heterocycles. The number of unbranched alkanes of at least 4 members (excludes halogenated alkanes) is 1. The third-order valence-electron chi connectivity index (χ3n) is 10.4. The van der Waals surface area contributed by atoms with Crippen LogP contribution < -0.4 is 0 Å². The third kappa shape index (κ3) is 5.75. The highest BCUT2D eigenvalue weighted by Gasteiger charge is 2.39. The SMILES string of the molecule is CCCCC(CC)COC1C=CC(C2=NC(C3=CCCC=C3)CC(C3=CC=C4C=Cc5cccc6c5C4C3C=C6)=N2)C(O)C1. The zero-order valence-corrected chi connectivity index (χ0v) is 26.2. The van der Waals surface area contributed by atoms with Crippen molar-refractivity contribution in [1.82, 2.24) is 0 Å². The first-order valence-electron chi connectivity index (χ1n) is 17.0. The highest BCUT2D eigenvalue weighted by atomic mass is 16.5. The van der Waals surface area contributed by atoms with E-state index in [1.807, 2.05) is 0 Å². The van der Waals surface area contributed by atoms with Crippen molar-refractivity contribution in [1.29, 1.82) is 0 Å². The summed E-state index contributed by atoms with van der Waals surface area (Å²) < 4.78 is 6.32. The van der Waals surface area contributed by atoms with E-state index in [1.165, 1.54) is 52.7 Å². The number of aliphatic imine (C=N–C) groups is 2. The molecule has 7 rings (SSSR count). The molecular formula is C40H46N2O2. The van der Waals surface area contributed by atoms with Gasteiger partial charge in [0.2, 0.25) is 0 Å². The number of aliphatic hydroxyl groups excluding tert-OH is 1. The average molecular weight is 587 g/mol. The van der Waals surface area contributed by atoms with Crippen LogP contribution in [0.1, 0.15) is 87.8 Å². The maximum absolute atomic E-state index is 11.5. The summed E-state index contributed by atoms with van der Waals surface area (Å²) in [5.41, 5.74) is 9.14. The van der Waals surface area contributed by atoms with Gasteiger partial charge in [0.05, 0.1) is 30.8 Å². The van der Waals surface area contributed by atoms with Gasteiger partial charge in [0.1, 0.15) is 5.84 Å². The van der Waals surface area contributed by atoms with Gasteiger partial charge in [0, 0.05) is 30.4 Å². The Labute approximate surface area is 263 Å². The van der Waals surface area contributed by atoms with Crippen LogP contribution in [0, 0.1) is 17.8 Å². The lowest BCUT2D eigenvalue weighted by Crippen LogP contribution is -2.38. The molecule has 4 nitrogen and oxygen atoms in total. The van der Waals surface area contributed by atoms with Gasteiger partial charge in [-0.25, -0.2) is 4.99 Å². The van der Waals surface area contributed by atoms with E-state index in [4.69, 9.17) is 14.7 Å². The fourth-order valence-corrected chi connectivity index (χ4v) is 7.83. The van der Waals surface area contributed by atoms with Crippen molar-refractivity contribution < 1.29 is 9.84 Å². The molecule has 0 amide bonds. The van der Waals surface area contributed by atoms with Crippen molar-refractivity contribution in [3.63, 3.8) is 0 Å². The van der Waals surface area contributed by atoms with E-state index in [2.05, 4.69) is 98.9 Å². The molecular weight excluding hydrogens is 540 g/mol. The van der Waals surface area contributed by atoms with Crippen LogP contribution in [0.2, 0.25) is 0 Å². The predicted octanol–water partition coefficient (Wildman–Crippen LogP) is 8.73. The smallest absolute Gasteiger partial charge is 0.133 e. The van der Waals surface area contributed by atoms with Crippen LogP contribution in [0.4, 0.5) is 0 Å². The molecule has 1 aliphatic heterocycles. The molecule has 0 saturated heterocycles. The quantitative estimate of drug-likeness (QED) is 0.279. The fraction of sp³-hybridized carbons (Fsp3) is 0.450. The maximum Gasteiger partial charge on any atom is 0.133 e. The van der Waals surface area contributed by atoms with Crippen LogP contribution in [-0.2, 0) is 4.74 Å². The third-order valence-corrected chi connectivity index (χ3v) is 10.4. The first-order valence-corrected chi connectivity index (χ1v) is 17.0. The molecule has 0 radical (unpaired) electrons. The number of rotatable bonds is 10. The molecule has 0 saturated carbocycles. The summed E-state index contributed by atoms with van der Waals surface area (Å²) in [4.78, 5) is 10.5. The first-order chi connectivity index (χ1) is 21.6. The number of nitrogens with zero attached hydrogens (tertiary/aromatic N) is 2. The summed E-state index contributed by atoms with van der Waals surface area (Å²) in [6.45, 7) is 5.25. The second kappa shape index (κ2) is 12.9. The van der Waals surface area contributed by atoms with Gasteiger partial charge in [0.25, 0.3) is 0 Å². The largest absolute Gasteiger partial charge is 0.392 e. The molecule has 0 spiro atoms. The van der Waals surface area contributed by atoms with Gasteiger partial charge in [0.15, 0.2) is 0 Å². The van der Waals surface area contributed by atoms with E-state index >= 15 is 0 Å². The number of hydrogen-bond acceptors (Lipinski definition) is 4. The van der Waals surface area contributed by atoms with Crippen LogP contribution in [0.15, 0.2) is 99.6 Å². The van der Waals surface area contributed by atoms with Crippen LogP contribution in [0.25, 0.3) is 12.2 Å². The second-order valence-corrected chi connectivity index (χ2v) is 13.3. The van der Waals surface area contributed by atoms with E-state index < -0.39 is 6.10 Å². The zero-order valence-electron chi connectivity index (χ0n) is 26.2. The van der Waals surface area contributed by atoms with Crippen LogP contribution in [0.3, 0.4) is 0 Å². The van der Waals surface area contributed by atoms with Crippen molar-refractivity contribution in [3.05, 3.63) is 106 Å². The first kappa shape index (κ1) is 29.4. The Bertz CT molecular complexity index is 1550. The predicted molar refractivity (Wildman–Crippen MR) is 183 cm³/mol. The molecule has 228 valence electrons. The Morgan fingerprint density at radius 2 is 1.84 bits per heavy atom. The molecule has 0 bridgehead atoms. The number of benzene rings is 1. The molecule has 1 heterocycles. The van der Waals surface area contributed by atoms with E-state index in [1.54, 1.807) is 0 Å². The lowest BCUT2D eigenvalue weighted by molar-refractivity contribution is 0.00907.